The van der Waals surface area contributed by atoms with E-state index in [2.05, 4.69) is 6.92 Å². The maximum Gasteiger partial charge on any atom is 0.164 e. The molecule has 2 aliphatic rings. The Morgan fingerprint density at radius 2 is 1.88 bits per heavy atom. The van der Waals surface area contributed by atoms with E-state index in [1.807, 2.05) is 0 Å². The van der Waals surface area contributed by atoms with Crippen LogP contribution in [0.15, 0.2) is 0 Å². The molecule has 0 spiro atoms. The van der Waals surface area contributed by atoms with Gasteiger partial charge in [0.2, 0.25) is 0 Å². The summed E-state index contributed by atoms with van der Waals surface area (Å²) >= 11 is 0. The van der Waals surface area contributed by atoms with Gasteiger partial charge >= 0.3 is 0 Å². The maximum absolute atomic E-state index is 12.2. The first-order valence-corrected chi connectivity index (χ1v) is 6.96. The fourth-order valence-corrected chi connectivity index (χ4v) is 3.08. The first-order valence-electron chi connectivity index (χ1n) is 6.96. The Morgan fingerprint density at radius 1 is 1.12 bits per heavy atom. The summed E-state index contributed by atoms with van der Waals surface area (Å²) in [6.45, 7) is 3.05. The van der Waals surface area contributed by atoms with E-state index in [-0.39, 0.29) is 6.10 Å². The lowest BCUT2D eigenvalue weighted by Crippen LogP contribution is -2.35. The topological polar surface area (TPSA) is 26.3 Å². The van der Waals surface area contributed by atoms with Crippen LogP contribution in [-0.4, -0.2) is 18.5 Å². The second-order valence-electron chi connectivity index (χ2n) is 5.38. The smallest absolute Gasteiger partial charge is 0.164 e. The Hall–Kier alpha value is -0.370. The molecule has 2 rings (SSSR count). The third kappa shape index (κ3) is 2.85. The van der Waals surface area contributed by atoms with Crippen molar-refractivity contribution in [1.29, 1.82) is 0 Å². The lowest BCUT2D eigenvalue weighted by Gasteiger charge is -2.30. The van der Waals surface area contributed by atoms with Crippen LogP contribution in [-0.2, 0) is 9.53 Å². The Balaban J connectivity index is 1.81. The summed E-state index contributed by atoms with van der Waals surface area (Å²) < 4.78 is 5.60. The van der Waals surface area contributed by atoms with Crippen LogP contribution in [0.4, 0.5) is 0 Å². The van der Waals surface area contributed by atoms with Crippen molar-refractivity contribution >= 4 is 5.78 Å². The van der Waals surface area contributed by atoms with E-state index in [1.165, 1.54) is 25.7 Å². The Labute approximate surface area is 98.7 Å². The van der Waals surface area contributed by atoms with Gasteiger partial charge in [-0.2, -0.15) is 0 Å². The van der Waals surface area contributed by atoms with E-state index in [4.69, 9.17) is 4.74 Å². The molecule has 0 amide bonds. The van der Waals surface area contributed by atoms with Gasteiger partial charge in [0.25, 0.3) is 0 Å². The van der Waals surface area contributed by atoms with Gasteiger partial charge in [-0.1, -0.05) is 13.3 Å². The molecule has 1 aliphatic carbocycles. The zero-order valence-electron chi connectivity index (χ0n) is 10.4. The lowest BCUT2D eigenvalue weighted by molar-refractivity contribution is -0.138. The number of hydrogen-bond acceptors (Lipinski definition) is 2. The Morgan fingerprint density at radius 3 is 2.44 bits per heavy atom. The summed E-state index contributed by atoms with van der Waals surface area (Å²) in [4.78, 5) is 12.2. The van der Waals surface area contributed by atoms with Gasteiger partial charge in [-0.3, -0.25) is 4.79 Å². The molecule has 0 aromatic heterocycles. The van der Waals surface area contributed by atoms with Crippen molar-refractivity contribution in [3.05, 3.63) is 0 Å². The van der Waals surface area contributed by atoms with Crippen LogP contribution in [0.25, 0.3) is 0 Å². The van der Waals surface area contributed by atoms with Crippen LogP contribution in [0.2, 0.25) is 0 Å². The zero-order valence-corrected chi connectivity index (χ0v) is 10.4. The molecule has 16 heavy (non-hydrogen) atoms. The normalized spacial score (nSPS) is 35.9. The monoisotopic (exact) mass is 224 g/mol. The maximum atomic E-state index is 12.2. The van der Waals surface area contributed by atoms with Crippen molar-refractivity contribution in [2.45, 2.75) is 64.4 Å². The quantitative estimate of drug-likeness (QED) is 0.735. The highest BCUT2D eigenvalue weighted by Gasteiger charge is 2.31. The zero-order chi connectivity index (χ0) is 11.4. The van der Waals surface area contributed by atoms with E-state index in [0.717, 1.165) is 38.2 Å². The van der Waals surface area contributed by atoms with E-state index < -0.39 is 0 Å². The largest absolute Gasteiger partial charge is 0.370 e. The van der Waals surface area contributed by atoms with Gasteiger partial charge in [0.15, 0.2) is 5.78 Å². The molecule has 2 heteroatoms. The average molecular weight is 224 g/mol. The molecule has 1 saturated carbocycles. The summed E-state index contributed by atoms with van der Waals surface area (Å²) in [5.41, 5.74) is 0. The van der Waals surface area contributed by atoms with Gasteiger partial charge in [-0.15, -0.1) is 0 Å². The fraction of sp³-hybridized carbons (Fsp3) is 0.929. The molecule has 92 valence electrons. The Kier molecular flexibility index (Phi) is 4.39. The molecule has 0 aromatic carbocycles. The number of Topliss-reactive ketones (excluding diaryl/α,β-unsaturated/α-hetero) is 1. The van der Waals surface area contributed by atoms with Crippen LogP contribution < -0.4 is 0 Å². The third-order valence-electron chi connectivity index (χ3n) is 4.32. The highest BCUT2D eigenvalue weighted by atomic mass is 16.5. The van der Waals surface area contributed by atoms with Crippen molar-refractivity contribution in [1.82, 2.24) is 0 Å². The summed E-state index contributed by atoms with van der Waals surface area (Å²) in [7, 11) is 0. The molecule has 0 radical (unpaired) electrons. The molecular weight excluding hydrogens is 200 g/mol. The van der Waals surface area contributed by atoms with Crippen LogP contribution in [0.5, 0.6) is 0 Å². The van der Waals surface area contributed by atoms with E-state index in [0.29, 0.717) is 11.7 Å². The summed E-state index contributed by atoms with van der Waals surface area (Å²) in [6, 6.07) is 0. The SMILES string of the molecule is CCC1CCC(C(=O)C2CCCCO2)CC1. The summed E-state index contributed by atoms with van der Waals surface area (Å²) in [6.07, 6.45) is 9.20. The van der Waals surface area contributed by atoms with Gasteiger partial charge in [-0.05, 0) is 50.9 Å². The molecule has 2 nitrogen and oxygen atoms in total. The standard InChI is InChI=1S/C14H24O2/c1-2-11-6-8-12(9-7-11)14(15)13-5-3-4-10-16-13/h11-13H,2-10H2,1H3. The first kappa shape index (κ1) is 12.1. The summed E-state index contributed by atoms with van der Waals surface area (Å²) in [5.74, 6) is 1.59. The van der Waals surface area contributed by atoms with Crippen molar-refractivity contribution in [3.63, 3.8) is 0 Å². The minimum atomic E-state index is -0.0584. The third-order valence-corrected chi connectivity index (χ3v) is 4.32. The molecule has 1 unspecified atom stereocenters. The van der Waals surface area contributed by atoms with E-state index in [1.54, 1.807) is 0 Å². The highest BCUT2D eigenvalue weighted by Crippen LogP contribution is 2.33. The number of rotatable bonds is 3. The second kappa shape index (κ2) is 5.81. The molecular formula is C14H24O2. The molecule has 0 aromatic rings. The van der Waals surface area contributed by atoms with Crippen LogP contribution in [0.1, 0.15) is 58.3 Å². The molecule has 0 N–H and O–H groups in total. The van der Waals surface area contributed by atoms with Crippen LogP contribution in [0, 0.1) is 11.8 Å². The number of carbonyl (C=O) groups is 1. The predicted octanol–water partition coefficient (Wildman–Crippen LogP) is 3.34. The van der Waals surface area contributed by atoms with Gasteiger partial charge in [0, 0.05) is 12.5 Å². The molecule has 1 atom stereocenters. The second-order valence-corrected chi connectivity index (χ2v) is 5.38. The molecule has 1 aliphatic heterocycles. The van der Waals surface area contributed by atoms with E-state index in [9.17, 15) is 4.79 Å². The van der Waals surface area contributed by atoms with Gasteiger partial charge in [0.1, 0.15) is 6.10 Å². The summed E-state index contributed by atoms with van der Waals surface area (Å²) in [5, 5.41) is 0. The number of hydrogen-bond donors (Lipinski definition) is 0. The van der Waals surface area contributed by atoms with E-state index >= 15 is 0 Å². The highest BCUT2D eigenvalue weighted by molar-refractivity contribution is 5.85. The minimum absolute atomic E-state index is 0.0584. The van der Waals surface area contributed by atoms with Crippen molar-refractivity contribution in [2.75, 3.05) is 6.61 Å². The molecule has 1 saturated heterocycles. The molecule has 0 bridgehead atoms. The lowest BCUT2D eigenvalue weighted by atomic mass is 9.77. The number of ketones is 1. The van der Waals surface area contributed by atoms with Gasteiger partial charge < -0.3 is 4.74 Å². The van der Waals surface area contributed by atoms with Crippen molar-refractivity contribution in [3.8, 4) is 0 Å². The minimum Gasteiger partial charge on any atom is -0.370 e. The number of carbonyl (C=O) groups excluding carboxylic acids is 1. The fourth-order valence-electron chi connectivity index (χ4n) is 3.08. The number of ether oxygens (including phenoxy) is 1. The molecule has 2 fully saturated rings. The first-order chi connectivity index (χ1) is 7.81. The molecule has 1 heterocycles. The van der Waals surface area contributed by atoms with Gasteiger partial charge in [-0.25, -0.2) is 0 Å². The van der Waals surface area contributed by atoms with Crippen LogP contribution in [0.3, 0.4) is 0 Å². The van der Waals surface area contributed by atoms with Gasteiger partial charge in [0.05, 0.1) is 0 Å². The van der Waals surface area contributed by atoms with Crippen molar-refractivity contribution in [2.24, 2.45) is 11.8 Å². The van der Waals surface area contributed by atoms with Crippen molar-refractivity contribution < 1.29 is 9.53 Å². The average Bonchev–Trinajstić information content (AvgIpc) is 2.39. The predicted molar refractivity (Wildman–Crippen MR) is 64.3 cm³/mol. The Bertz CT molecular complexity index is 223. The van der Waals surface area contributed by atoms with Crippen LogP contribution >= 0.6 is 0 Å².